The monoisotopic (exact) mass is 164 g/mol. The largest absolute Gasteiger partial charge is 0.303 e. The van der Waals surface area contributed by atoms with Crippen molar-refractivity contribution in [1.82, 2.24) is 0 Å². The first-order valence-corrected chi connectivity index (χ1v) is 4.13. The van der Waals surface area contributed by atoms with E-state index in [0.717, 1.165) is 6.29 Å². The Kier molecular flexibility index (Phi) is 5.98. The maximum Gasteiger partial charge on any atom is 0.122 e. The zero-order valence-corrected chi connectivity index (χ0v) is 7.95. The van der Waals surface area contributed by atoms with Crippen LogP contribution in [0, 0.1) is 12.8 Å². The van der Waals surface area contributed by atoms with Crippen LogP contribution in [0.15, 0.2) is 30.3 Å². The van der Waals surface area contributed by atoms with Crippen LogP contribution in [-0.2, 0) is 4.79 Å². The minimum absolute atomic E-state index is 0.204. The molecule has 0 aliphatic carbocycles. The lowest BCUT2D eigenvalue weighted by atomic mass is 10.2. The molecule has 0 fully saturated rings. The zero-order chi connectivity index (χ0) is 9.40. The number of aldehydes is 1. The molecule has 66 valence electrons. The van der Waals surface area contributed by atoms with Crippen LogP contribution in [0.1, 0.15) is 19.4 Å². The molecule has 0 aliphatic heterocycles. The number of hydrogen-bond acceptors (Lipinski definition) is 1. The van der Waals surface area contributed by atoms with Gasteiger partial charge in [-0.15, -0.1) is 0 Å². The van der Waals surface area contributed by atoms with Crippen molar-refractivity contribution in [2.24, 2.45) is 5.92 Å². The third-order valence-corrected chi connectivity index (χ3v) is 1.21. The first-order valence-electron chi connectivity index (χ1n) is 4.13. The summed E-state index contributed by atoms with van der Waals surface area (Å²) in [5.41, 5.74) is 1.32. The quantitative estimate of drug-likeness (QED) is 0.583. The fourth-order valence-electron chi connectivity index (χ4n) is 0.534. The van der Waals surface area contributed by atoms with Gasteiger partial charge in [-0.2, -0.15) is 0 Å². The lowest BCUT2D eigenvalue weighted by Crippen LogP contribution is -1.82. The Morgan fingerprint density at radius 1 is 1.17 bits per heavy atom. The maximum atomic E-state index is 9.50. The van der Waals surface area contributed by atoms with Crippen molar-refractivity contribution in [2.75, 3.05) is 0 Å². The Bertz CT molecular complexity index is 202. The van der Waals surface area contributed by atoms with Crippen LogP contribution < -0.4 is 0 Å². The highest BCUT2D eigenvalue weighted by Gasteiger charge is 1.79. The van der Waals surface area contributed by atoms with E-state index in [2.05, 4.69) is 19.1 Å². The molecule has 12 heavy (non-hydrogen) atoms. The highest BCUT2D eigenvalue weighted by atomic mass is 16.1. The van der Waals surface area contributed by atoms with E-state index in [-0.39, 0.29) is 5.92 Å². The molecule has 1 nitrogen and oxygen atoms in total. The number of carbonyl (C=O) groups excluding carboxylic acids is 1. The van der Waals surface area contributed by atoms with Gasteiger partial charge in [0.25, 0.3) is 0 Å². The van der Waals surface area contributed by atoms with Gasteiger partial charge in [0, 0.05) is 5.92 Å². The second-order valence-corrected chi connectivity index (χ2v) is 3.03. The van der Waals surface area contributed by atoms with Gasteiger partial charge in [-0.1, -0.05) is 49.7 Å². The molecule has 1 heteroatoms. The van der Waals surface area contributed by atoms with Gasteiger partial charge < -0.3 is 4.79 Å². The summed E-state index contributed by atoms with van der Waals surface area (Å²) in [7, 11) is 0. The molecule has 1 aromatic rings. The molecule has 0 saturated heterocycles. The summed E-state index contributed by atoms with van der Waals surface area (Å²) in [6, 6.07) is 10.3. The number of hydrogen-bond donors (Lipinski definition) is 0. The summed E-state index contributed by atoms with van der Waals surface area (Å²) < 4.78 is 0. The molecular formula is C11H16O. The Labute approximate surface area is 74.4 Å². The topological polar surface area (TPSA) is 17.1 Å². The lowest BCUT2D eigenvalue weighted by Gasteiger charge is -1.82. The molecule has 0 unspecified atom stereocenters. The van der Waals surface area contributed by atoms with E-state index in [1.54, 1.807) is 0 Å². The van der Waals surface area contributed by atoms with Gasteiger partial charge in [-0.05, 0) is 6.92 Å². The summed E-state index contributed by atoms with van der Waals surface area (Å²) in [5.74, 6) is 0.204. The maximum absolute atomic E-state index is 9.50. The highest BCUT2D eigenvalue weighted by Crippen LogP contribution is 1.92. The predicted octanol–water partition coefficient (Wildman–Crippen LogP) is 2.84. The Hall–Kier alpha value is -1.11. The van der Waals surface area contributed by atoms with Gasteiger partial charge in [-0.3, -0.25) is 0 Å². The first kappa shape index (κ1) is 10.9. The summed E-state index contributed by atoms with van der Waals surface area (Å²) >= 11 is 0. The lowest BCUT2D eigenvalue weighted by molar-refractivity contribution is -0.110. The van der Waals surface area contributed by atoms with Gasteiger partial charge in [-0.25, -0.2) is 0 Å². The number of benzene rings is 1. The molecule has 0 radical (unpaired) electrons. The second kappa shape index (κ2) is 6.59. The molecule has 0 aromatic heterocycles. The minimum atomic E-state index is 0.204. The van der Waals surface area contributed by atoms with Crippen molar-refractivity contribution in [1.29, 1.82) is 0 Å². The number of aryl methyl sites for hydroxylation is 1. The average molecular weight is 164 g/mol. The van der Waals surface area contributed by atoms with Crippen LogP contribution in [-0.4, -0.2) is 6.29 Å². The zero-order valence-electron chi connectivity index (χ0n) is 7.95. The van der Waals surface area contributed by atoms with Crippen LogP contribution in [0.2, 0.25) is 0 Å². The third-order valence-electron chi connectivity index (χ3n) is 1.21. The fourth-order valence-corrected chi connectivity index (χ4v) is 0.534. The molecule has 0 bridgehead atoms. The van der Waals surface area contributed by atoms with E-state index in [0.29, 0.717) is 0 Å². The molecule has 0 N–H and O–H groups in total. The highest BCUT2D eigenvalue weighted by molar-refractivity contribution is 5.51. The molecule has 1 rings (SSSR count). The normalized spacial score (nSPS) is 8.67. The first-order chi connectivity index (χ1) is 5.66. The smallest absolute Gasteiger partial charge is 0.122 e. The molecule has 0 saturated carbocycles. The minimum Gasteiger partial charge on any atom is -0.303 e. The van der Waals surface area contributed by atoms with Crippen LogP contribution in [0.25, 0.3) is 0 Å². The molecule has 0 spiro atoms. The van der Waals surface area contributed by atoms with Crippen LogP contribution in [0.3, 0.4) is 0 Å². The Balaban J connectivity index is 0.000000217. The van der Waals surface area contributed by atoms with Crippen molar-refractivity contribution in [2.45, 2.75) is 20.8 Å². The molecular weight excluding hydrogens is 148 g/mol. The Morgan fingerprint density at radius 3 is 1.75 bits per heavy atom. The molecule has 0 amide bonds. The number of carbonyl (C=O) groups is 1. The summed E-state index contributed by atoms with van der Waals surface area (Å²) in [5, 5.41) is 0. The van der Waals surface area contributed by atoms with E-state index in [4.69, 9.17) is 0 Å². The van der Waals surface area contributed by atoms with Crippen LogP contribution in [0.5, 0.6) is 0 Å². The van der Waals surface area contributed by atoms with E-state index in [1.165, 1.54) is 5.56 Å². The summed E-state index contributed by atoms with van der Waals surface area (Å²) in [6.07, 6.45) is 0.917. The second-order valence-electron chi connectivity index (χ2n) is 3.03. The predicted molar refractivity (Wildman–Crippen MR) is 52.1 cm³/mol. The molecule has 0 heterocycles. The van der Waals surface area contributed by atoms with Gasteiger partial charge in [0.2, 0.25) is 0 Å². The van der Waals surface area contributed by atoms with E-state index in [1.807, 2.05) is 32.0 Å². The van der Waals surface area contributed by atoms with Crippen molar-refractivity contribution in [3.63, 3.8) is 0 Å². The summed E-state index contributed by atoms with van der Waals surface area (Å²) in [4.78, 5) is 9.50. The van der Waals surface area contributed by atoms with Crippen molar-refractivity contribution >= 4 is 6.29 Å². The van der Waals surface area contributed by atoms with E-state index in [9.17, 15) is 4.79 Å². The van der Waals surface area contributed by atoms with Gasteiger partial charge in [0.1, 0.15) is 6.29 Å². The number of rotatable bonds is 1. The van der Waals surface area contributed by atoms with Crippen molar-refractivity contribution in [3.8, 4) is 0 Å². The molecule has 0 aliphatic rings. The molecule has 1 aromatic carbocycles. The fraction of sp³-hybridized carbons (Fsp3) is 0.364. The van der Waals surface area contributed by atoms with Gasteiger partial charge in [0.15, 0.2) is 0 Å². The van der Waals surface area contributed by atoms with Crippen LogP contribution >= 0.6 is 0 Å². The third kappa shape index (κ3) is 7.00. The Morgan fingerprint density at radius 2 is 1.58 bits per heavy atom. The van der Waals surface area contributed by atoms with Crippen LogP contribution in [0.4, 0.5) is 0 Å². The van der Waals surface area contributed by atoms with Gasteiger partial charge in [0.05, 0.1) is 0 Å². The average Bonchev–Trinajstić information content (AvgIpc) is 2.07. The standard InChI is InChI=1S/C7H8.C4H8O/c1-7-5-3-2-4-6-7;1-4(2)3-5/h2-6H,1H3;3-4H,1-2H3. The molecule has 0 atom stereocenters. The van der Waals surface area contributed by atoms with Crippen molar-refractivity contribution in [3.05, 3.63) is 35.9 Å². The SMILES string of the molecule is CC(C)C=O.Cc1ccccc1. The summed E-state index contributed by atoms with van der Waals surface area (Å²) in [6.45, 7) is 5.79. The van der Waals surface area contributed by atoms with Gasteiger partial charge >= 0.3 is 0 Å². The van der Waals surface area contributed by atoms with E-state index < -0.39 is 0 Å². The van der Waals surface area contributed by atoms with E-state index >= 15 is 0 Å². The van der Waals surface area contributed by atoms with Crippen molar-refractivity contribution < 1.29 is 4.79 Å².